The number of hydrogen-bond donors (Lipinski definition) is 2. The molecule has 2 aromatic carbocycles. The number of ether oxygens (including phenoxy) is 1. The molecule has 2 amide bonds. The number of amides is 2. The van der Waals surface area contributed by atoms with Crippen molar-refractivity contribution >= 4 is 51.3 Å². The minimum absolute atomic E-state index is 0.136. The van der Waals surface area contributed by atoms with Crippen LogP contribution >= 0.6 is 22.6 Å². The van der Waals surface area contributed by atoms with Gasteiger partial charge in [0.25, 0.3) is 0 Å². The number of nitrogens with zero attached hydrogens (tertiary/aromatic N) is 3. The second-order valence-electron chi connectivity index (χ2n) is 11.1. The maximum absolute atomic E-state index is 13.7. The van der Waals surface area contributed by atoms with Gasteiger partial charge >= 0.3 is 5.97 Å². The number of alkyl halides is 1. The molecule has 5 atom stereocenters. The standard InChI is InChI=1S/C32H35IN4O5/c1-3-4-5-11-16-37(2)30(39)24-18-21(17-23(24)28(38)36-32(31(40)41)19-26(32)33)42-29-22-14-9-10-15-25(22)34-27(35-29)20-12-7-6-8-13-20/h3,6-10,12-15,21,23-24,26H,1,4-5,11,16-19H2,2H3,(H,36,38)(H,40,41)/t21-,23-,24-,26-,32-/m1/s1. The van der Waals surface area contributed by atoms with Crippen LogP contribution < -0.4 is 10.1 Å². The summed E-state index contributed by atoms with van der Waals surface area (Å²) >= 11 is 2.05. The molecule has 3 aromatic rings. The molecule has 2 aliphatic carbocycles. The Labute approximate surface area is 258 Å². The number of hydrogen-bond acceptors (Lipinski definition) is 6. The van der Waals surface area contributed by atoms with Crippen molar-refractivity contribution < 1.29 is 24.2 Å². The minimum atomic E-state index is -1.28. The Morgan fingerprint density at radius 3 is 2.48 bits per heavy atom. The average molecular weight is 683 g/mol. The zero-order chi connectivity index (χ0) is 29.9. The molecule has 9 nitrogen and oxygen atoms in total. The van der Waals surface area contributed by atoms with Crippen LogP contribution in [0.5, 0.6) is 5.88 Å². The fourth-order valence-electron chi connectivity index (χ4n) is 5.63. The number of nitrogens with one attached hydrogen (secondary N) is 1. The van der Waals surface area contributed by atoms with E-state index >= 15 is 0 Å². The van der Waals surface area contributed by atoms with Gasteiger partial charge in [-0.1, -0.05) is 71.1 Å². The summed E-state index contributed by atoms with van der Waals surface area (Å²) in [5.41, 5.74) is 0.291. The Balaban J connectivity index is 1.41. The highest BCUT2D eigenvalue weighted by Crippen LogP contribution is 2.45. The first-order chi connectivity index (χ1) is 20.2. The second kappa shape index (κ2) is 12.8. The van der Waals surface area contributed by atoms with E-state index in [1.54, 1.807) is 11.9 Å². The Bertz CT molecular complexity index is 1480. The van der Waals surface area contributed by atoms with E-state index in [1.807, 2.05) is 60.7 Å². The number of aliphatic carboxylic acids is 1. The van der Waals surface area contributed by atoms with Crippen LogP contribution in [0.3, 0.4) is 0 Å². The summed E-state index contributed by atoms with van der Waals surface area (Å²) in [5.74, 6) is -2.05. The largest absolute Gasteiger partial charge is 0.479 e. The summed E-state index contributed by atoms with van der Waals surface area (Å²) in [6.45, 7) is 4.32. The highest BCUT2D eigenvalue weighted by Gasteiger charge is 2.61. The van der Waals surface area contributed by atoms with Gasteiger partial charge in [0, 0.05) is 23.1 Å². The van der Waals surface area contributed by atoms with Gasteiger partial charge in [0.2, 0.25) is 17.7 Å². The van der Waals surface area contributed by atoms with Crippen molar-refractivity contribution in [3.05, 3.63) is 67.3 Å². The van der Waals surface area contributed by atoms with Crippen molar-refractivity contribution in [3.8, 4) is 17.3 Å². The number of carboxylic acid groups (broad SMARTS) is 1. The van der Waals surface area contributed by atoms with E-state index in [4.69, 9.17) is 14.7 Å². The zero-order valence-electron chi connectivity index (χ0n) is 23.5. The number of allylic oxidation sites excluding steroid dienone is 1. The van der Waals surface area contributed by atoms with Gasteiger partial charge in [-0.3, -0.25) is 9.59 Å². The van der Waals surface area contributed by atoms with Crippen LogP contribution in [0, 0.1) is 11.8 Å². The molecule has 2 fully saturated rings. The van der Waals surface area contributed by atoms with E-state index in [1.165, 1.54) is 0 Å². The van der Waals surface area contributed by atoms with Gasteiger partial charge in [-0.15, -0.1) is 6.58 Å². The van der Waals surface area contributed by atoms with Gasteiger partial charge in [-0.05, 0) is 50.7 Å². The second-order valence-corrected chi connectivity index (χ2v) is 12.6. The number of benzene rings is 2. The number of carbonyl (C=O) groups excluding carboxylic acids is 2. The van der Waals surface area contributed by atoms with Crippen LogP contribution in [0.4, 0.5) is 0 Å². The van der Waals surface area contributed by atoms with Gasteiger partial charge in [-0.2, -0.15) is 4.98 Å². The predicted octanol–water partition coefficient (Wildman–Crippen LogP) is 5.03. The number of rotatable bonds is 12. The van der Waals surface area contributed by atoms with E-state index in [0.717, 1.165) is 35.7 Å². The molecule has 42 heavy (non-hydrogen) atoms. The van der Waals surface area contributed by atoms with Crippen molar-refractivity contribution in [1.82, 2.24) is 20.2 Å². The molecule has 0 saturated heterocycles. The SMILES string of the molecule is C=CCCCCN(C)C(=O)[C@@H]1C[C@H](Oc2nc(-c3ccccc3)nc3ccccc23)C[C@H]1C(=O)N[C@]1(C(=O)O)C[C@H]1I. The molecule has 0 radical (unpaired) electrons. The van der Waals surface area contributed by atoms with Crippen LogP contribution in [-0.2, 0) is 14.4 Å². The smallest absolute Gasteiger partial charge is 0.330 e. The van der Waals surface area contributed by atoms with Crippen LogP contribution in [0.15, 0.2) is 67.3 Å². The normalized spacial score (nSPS) is 24.6. The van der Waals surface area contributed by atoms with E-state index in [-0.39, 0.29) is 16.3 Å². The molecule has 0 bridgehead atoms. The fraction of sp³-hybridized carbons (Fsp3) is 0.406. The van der Waals surface area contributed by atoms with Crippen molar-refractivity contribution in [2.75, 3.05) is 13.6 Å². The van der Waals surface area contributed by atoms with Crippen LogP contribution in [0.25, 0.3) is 22.3 Å². The lowest BCUT2D eigenvalue weighted by Gasteiger charge is -2.25. The van der Waals surface area contributed by atoms with E-state index in [0.29, 0.717) is 31.1 Å². The molecule has 2 aliphatic rings. The molecular weight excluding hydrogens is 647 g/mol. The number of fused-ring (bicyclic) bond motifs is 1. The number of carboxylic acids is 1. The van der Waals surface area contributed by atoms with Crippen molar-refractivity contribution in [1.29, 1.82) is 0 Å². The number of aromatic nitrogens is 2. The minimum Gasteiger partial charge on any atom is -0.479 e. The summed E-state index contributed by atoms with van der Waals surface area (Å²) < 4.78 is 6.29. The Morgan fingerprint density at radius 1 is 1.10 bits per heavy atom. The third-order valence-corrected chi connectivity index (χ3v) is 9.69. The summed E-state index contributed by atoms with van der Waals surface area (Å²) in [6.07, 6.45) is 4.96. The van der Waals surface area contributed by atoms with E-state index in [2.05, 4.69) is 34.5 Å². The monoisotopic (exact) mass is 682 g/mol. The van der Waals surface area contributed by atoms with Gasteiger partial charge in [0.15, 0.2) is 11.4 Å². The molecule has 2 saturated carbocycles. The molecule has 1 aromatic heterocycles. The first kappa shape index (κ1) is 29.9. The molecule has 2 N–H and O–H groups in total. The van der Waals surface area contributed by atoms with E-state index < -0.39 is 35.4 Å². The number of carbonyl (C=O) groups is 3. The average Bonchev–Trinajstić information content (AvgIpc) is 3.46. The fourth-order valence-corrected chi connectivity index (χ4v) is 6.75. The first-order valence-corrected chi connectivity index (χ1v) is 15.5. The van der Waals surface area contributed by atoms with Crippen molar-refractivity contribution in [2.24, 2.45) is 11.8 Å². The first-order valence-electron chi connectivity index (χ1n) is 14.3. The molecular formula is C32H35IN4O5. The number of unbranched alkanes of at least 4 members (excludes halogenated alkanes) is 2. The van der Waals surface area contributed by atoms with Crippen LogP contribution in [-0.4, -0.2) is 66.9 Å². The van der Waals surface area contributed by atoms with Gasteiger partial charge in [-0.25, -0.2) is 9.78 Å². The third kappa shape index (κ3) is 6.28. The zero-order valence-corrected chi connectivity index (χ0v) is 25.7. The highest BCUT2D eigenvalue weighted by atomic mass is 127. The van der Waals surface area contributed by atoms with Gasteiger partial charge in [0.1, 0.15) is 6.10 Å². The Morgan fingerprint density at radius 2 is 1.79 bits per heavy atom. The maximum atomic E-state index is 13.7. The van der Waals surface area contributed by atoms with Gasteiger partial charge in [0.05, 0.1) is 22.7 Å². The highest BCUT2D eigenvalue weighted by molar-refractivity contribution is 14.1. The van der Waals surface area contributed by atoms with Gasteiger partial charge < -0.3 is 20.1 Å². The topological polar surface area (TPSA) is 122 Å². The lowest BCUT2D eigenvalue weighted by Crippen LogP contribution is -2.49. The summed E-state index contributed by atoms with van der Waals surface area (Å²) in [6, 6.07) is 17.2. The van der Waals surface area contributed by atoms with Crippen LogP contribution in [0.2, 0.25) is 0 Å². The predicted molar refractivity (Wildman–Crippen MR) is 168 cm³/mol. The Kier molecular flexibility index (Phi) is 9.10. The molecule has 0 spiro atoms. The van der Waals surface area contributed by atoms with Crippen LogP contribution in [0.1, 0.15) is 38.5 Å². The van der Waals surface area contributed by atoms with Crippen molar-refractivity contribution in [2.45, 2.75) is 54.1 Å². The molecule has 0 unspecified atom stereocenters. The molecule has 10 heteroatoms. The molecule has 0 aliphatic heterocycles. The quantitative estimate of drug-likeness (QED) is 0.119. The number of para-hydroxylation sites is 1. The van der Waals surface area contributed by atoms with Crippen molar-refractivity contribution in [3.63, 3.8) is 0 Å². The Hall–Kier alpha value is -3.54. The molecule has 1 heterocycles. The van der Waals surface area contributed by atoms with E-state index in [9.17, 15) is 19.5 Å². The summed E-state index contributed by atoms with van der Waals surface area (Å²) in [7, 11) is 1.75. The third-order valence-electron chi connectivity index (χ3n) is 8.18. The number of halogens is 1. The molecule has 5 rings (SSSR count). The maximum Gasteiger partial charge on any atom is 0.330 e. The summed E-state index contributed by atoms with van der Waals surface area (Å²) in [4.78, 5) is 50.4. The lowest BCUT2D eigenvalue weighted by molar-refractivity contribution is -0.145. The molecule has 220 valence electrons. The summed E-state index contributed by atoms with van der Waals surface area (Å²) in [5, 5.41) is 13.3. The lowest BCUT2D eigenvalue weighted by atomic mass is 9.93.